The maximum atomic E-state index is 13.6. The lowest BCUT2D eigenvalue weighted by Gasteiger charge is -2.22. The lowest BCUT2D eigenvalue weighted by Crippen LogP contribution is -2.39. The Morgan fingerprint density at radius 3 is 3.06 bits per heavy atom. The van der Waals surface area contributed by atoms with Crippen LogP contribution in [0.1, 0.15) is 18.4 Å². The van der Waals surface area contributed by atoms with Crippen LogP contribution < -0.4 is 5.32 Å². The van der Waals surface area contributed by atoms with Gasteiger partial charge in [0, 0.05) is 17.7 Å². The number of nitrogens with one attached hydrogen (secondary N) is 1. The fraction of sp³-hybridized carbons (Fsp3) is 0.538. The third kappa shape index (κ3) is 3.18. The first-order chi connectivity index (χ1) is 8.20. The minimum atomic E-state index is -0.201. The van der Waals surface area contributed by atoms with Crippen molar-refractivity contribution >= 4 is 11.6 Å². The van der Waals surface area contributed by atoms with Gasteiger partial charge in [-0.25, -0.2) is 4.39 Å². The summed E-state index contributed by atoms with van der Waals surface area (Å²) in [6.45, 7) is 0.806. The van der Waals surface area contributed by atoms with Gasteiger partial charge in [0.25, 0.3) is 0 Å². The molecule has 2 rings (SSSR count). The van der Waals surface area contributed by atoms with Crippen LogP contribution in [0.5, 0.6) is 0 Å². The number of benzene rings is 1. The van der Waals surface area contributed by atoms with Crippen LogP contribution in [0.3, 0.4) is 0 Å². The molecule has 1 aliphatic heterocycles. The van der Waals surface area contributed by atoms with Crippen molar-refractivity contribution in [2.24, 2.45) is 0 Å². The van der Waals surface area contributed by atoms with E-state index in [0.717, 1.165) is 19.4 Å². The minimum absolute atomic E-state index is 0.144. The van der Waals surface area contributed by atoms with Gasteiger partial charge in [0.1, 0.15) is 5.82 Å². The zero-order valence-corrected chi connectivity index (χ0v) is 10.6. The van der Waals surface area contributed by atoms with E-state index < -0.39 is 0 Å². The predicted octanol–water partition coefficient (Wildman–Crippen LogP) is 2.79. The summed E-state index contributed by atoms with van der Waals surface area (Å²) in [6.07, 6.45) is 2.90. The second-order valence-corrected chi connectivity index (χ2v) is 4.82. The number of hydrogen-bond acceptors (Lipinski definition) is 2. The maximum Gasteiger partial charge on any atom is 0.126 e. The standard InChI is InChI=1S/C13H17ClFNO/c1-16-12(13-3-2-6-17-13)8-9-7-10(14)4-5-11(9)15/h4-5,7,12-13,16H,2-3,6,8H2,1H3. The van der Waals surface area contributed by atoms with Crippen molar-refractivity contribution in [1.29, 1.82) is 0 Å². The van der Waals surface area contributed by atoms with Crippen molar-refractivity contribution in [3.05, 3.63) is 34.6 Å². The Morgan fingerprint density at radius 1 is 1.59 bits per heavy atom. The smallest absolute Gasteiger partial charge is 0.126 e. The first-order valence-corrected chi connectivity index (χ1v) is 6.31. The lowest BCUT2D eigenvalue weighted by molar-refractivity contribution is 0.0806. The Kier molecular flexibility index (Phi) is 4.37. The maximum absolute atomic E-state index is 13.6. The highest BCUT2D eigenvalue weighted by Crippen LogP contribution is 2.21. The zero-order chi connectivity index (χ0) is 12.3. The summed E-state index contributed by atoms with van der Waals surface area (Å²) in [4.78, 5) is 0. The van der Waals surface area contributed by atoms with Crippen LogP contribution in [-0.2, 0) is 11.2 Å². The molecule has 0 bridgehead atoms. The summed E-state index contributed by atoms with van der Waals surface area (Å²) >= 11 is 5.88. The third-order valence-corrected chi connectivity index (χ3v) is 3.47. The predicted molar refractivity (Wildman–Crippen MR) is 66.9 cm³/mol. The average Bonchev–Trinajstić information content (AvgIpc) is 2.84. The van der Waals surface area contributed by atoms with Crippen LogP contribution in [0, 0.1) is 5.82 Å². The molecule has 1 N–H and O–H groups in total. The van der Waals surface area contributed by atoms with Gasteiger partial charge in [-0.2, -0.15) is 0 Å². The van der Waals surface area contributed by atoms with Crippen molar-refractivity contribution in [3.8, 4) is 0 Å². The van der Waals surface area contributed by atoms with Gasteiger partial charge in [0.05, 0.1) is 6.10 Å². The molecular formula is C13H17ClFNO. The summed E-state index contributed by atoms with van der Waals surface area (Å²) in [5, 5.41) is 3.78. The van der Waals surface area contributed by atoms with Crippen molar-refractivity contribution < 1.29 is 9.13 Å². The van der Waals surface area contributed by atoms with E-state index in [1.54, 1.807) is 12.1 Å². The molecule has 4 heteroatoms. The molecule has 2 atom stereocenters. The second kappa shape index (κ2) is 5.80. The molecule has 2 nitrogen and oxygen atoms in total. The number of rotatable bonds is 4. The Hall–Kier alpha value is -0.640. The van der Waals surface area contributed by atoms with E-state index in [2.05, 4.69) is 5.32 Å². The third-order valence-electron chi connectivity index (χ3n) is 3.23. The summed E-state index contributed by atoms with van der Waals surface area (Å²) < 4.78 is 19.3. The van der Waals surface area contributed by atoms with E-state index in [0.29, 0.717) is 17.0 Å². The van der Waals surface area contributed by atoms with E-state index >= 15 is 0 Å². The number of hydrogen-bond donors (Lipinski definition) is 1. The second-order valence-electron chi connectivity index (χ2n) is 4.39. The SMILES string of the molecule is CNC(Cc1cc(Cl)ccc1F)C1CCCO1. The van der Waals surface area contributed by atoms with Gasteiger partial charge in [0.15, 0.2) is 0 Å². The van der Waals surface area contributed by atoms with Crippen LogP contribution in [0.2, 0.25) is 5.02 Å². The summed E-state index contributed by atoms with van der Waals surface area (Å²) in [6, 6.07) is 4.82. The van der Waals surface area contributed by atoms with Crippen LogP contribution in [0.4, 0.5) is 4.39 Å². The monoisotopic (exact) mass is 257 g/mol. The first kappa shape index (κ1) is 12.8. The topological polar surface area (TPSA) is 21.3 Å². The molecular weight excluding hydrogens is 241 g/mol. The highest BCUT2D eigenvalue weighted by molar-refractivity contribution is 6.30. The Morgan fingerprint density at radius 2 is 2.41 bits per heavy atom. The largest absolute Gasteiger partial charge is 0.377 e. The van der Waals surface area contributed by atoms with Gasteiger partial charge in [-0.05, 0) is 50.1 Å². The molecule has 1 aliphatic rings. The van der Waals surface area contributed by atoms with Gasteiger partial charge in [-0.3, -0.25) is 0 Å². The Bertz CT molecular complexity index is 380. The molecule has 1 heterocycles. The summed E-state index contributed by atoms with van der Waals surface area (Å²) in [5.74, 6) is -0.201. The zero-order valence-electron chi connectivity index (χ0n) is 9.88. The fourth-order valence-corrected chi connectivity index (χ4v) is 2.47. The summed E-state index contributed by atoms with van der Waals surface area (Å²) in [7, 11) is 1.88. The molecule has 2 unspecified atom stereocenters. The van der Waals surface area contributed by atoms with E-state index in [-0.39, 0.29) is 18.0 Å². The van der Waals surface area contributed by atoms with E-state index in [1.807, 2.05) is 7.05 Å². The van der Waals surface area contributed by atoms with E-state index in [9.17, 15) is 4.39 Å². The van der Waals surface area contributed by atoms with Crippen LogP contribution in [-0.4, -0.2) is 25.8 Å². The van der Waals surface area contributed by atoms with E-state index in [4.69, 9.17) is 16.3 Å². The Balaban J connectivity index is 2.09. The number of likely N-dealkylation sites (N-methyl/N-ethyl adjacent to an activating group) is 1. The minimum Gasteiger partial charge on any atom is -0.377 e. The van der Waals surface area contributed by atoms with Gasteiger partial charge >= 0.3 is 0 Å². The molecule has 1 saturated heterocycles. The van der Waals surface area contributed by atoms with Gasteiger partial charge in [-0.1, -0.05) is 11.6 Å². The van der Waals surface area contributed by atoms with Crippen molar-refractivity contribution in [2.75, 3.05) is 13.7 Å². The molecule has 94 valence electrons. The molecule has 17 heavy (non-hydrogen) atoms. The Labute approximate surface area is 106 Å². The molecule has 0 aliphatic carbocycles. The highest BCUT2D eigenvalue weighted by atomic mass is 35.5. The first-order valence-electron chi connectivity index (χ1n) is 5.93. The van der Waals surface area contributed by atoms with Crippen molar-refractivity contribution in [3.63, 3.8) is 0 Å². The van der Waals surface area contributed by atoms with Crippen LogP contribution in [0.15, 0.2) is 18.2 Å². The summed E-state index contributed by atoms with van der Waals surface area (Å²) in [5.41, 5.74) is 0.646. The van der Waals surface area contributed by atoms with Gasteiger partial charge < -0.3 is 10.1 Å². The molecule has 1 aromatic rings. The highest BCUT2D eigenvalue weighted by Gasteiger charge is 2.25. The van der Waals surface area contributed by atoms with Crippen LogP contribution in [0.25, 0.3) is 0 Å². The molecule has 0 saturated carbocycles. The number of halogens is 2. The normalized spacial score (nSPS) is 21.7. The van der Waals surface area contributed by atoms with Gasteiger partial charge in [-0.15, -0.1) is 0 Å². The lowest BCUT2D eigenvalue weighted by atomic mass is 9.99. The van der Waals surface area contributed by atoms with Crippen LogP contribution >= 0.6 is 11.6 Å². The molecule has 0 spiro atoms. The van der Waals surface area contributed by atoms with Crippen molar-refractivity contribution in [2.45, 2.75) is 31.4 Å². The molecule has 1 aromatic carbocycles. The average molecular weight is 258 g/mol. The van der Waals surface area contributed by atoms with E-state index in [1.165, 1.54) is 6.07 Å². The molecule has 0 aromatic heterocycles. The van der Waals surface area contributed by atoms with Crippen molar-refractivity contribution in [1.82, 2.24) is 5.32 Å². The molecule has 1 fully saturated rings. The fourth-order valence-electron chi connectivity index (χ4n) is 2.28. The molecule has 0 radical (unpaired) electrons. The quantitative estimate of drug-likeness (QED) is 0.896. The van der Waals surface area contributed by atoms with Gasteiger partial charge in [0.2, 0.25) is 0 Å². The molecule has 0 amide bonds. The number of ether oxygens (including phenoxy) is 1.